The Bertz CT molecular complexity index is 373. The van der Waals surface area contributed by atoms with Gasteiger partial charge in [-0.25, -0.2) is 0 Å². The smallest absolute Gasteiger partial charge is 0.305 e. The molecule has 0 unspecified atom stereocenters. The molecule has 0 saturated heterocycles. The van der Waals surface area contributed by atoms with Crippen LogP contribution in [0.4, 0.5) is 0 Å². The highest BCUT2D eigenvalue weighted by atomic mass is 16.6. The number of carbonyl (C=O) groups is 2. The van der Waals surface area contributed by atoms with Crippen LogP contribution in [0.15, 0.2) is 30.3 Å². The summed E-state index contributed by atoms with van der Waals surface area (Å²) in [6.45, 7) is 5.57. The minimum absolute atomic E-state index is 0.125. The highest BCUT2D eigenvalue weighted by Gasteiger charge is 2.03. The van der Waals surface area contributed by atoms with Crippen molar-refractivity contribution in [3.8, 4) is 0 Å². The van der Waals surface area contributed by atoms with Crippen LogP contribution in [0.5, 0.6) is 0 Å². The molecule has 4 heteroatoms. The number of hydrogen-bond donors (Lipinski definition) is 0. The number of ether oxygens (including phenoxy) is 2. The number of rotatable bonds is 7. The summed E-state index contributed by atoms with van der Waals surface area (Å²) in [4.78, 5) is 21.8. The van der Waals surface area contributed by atoms with E-state index in [0.717, 1.165) is 12.8 Å². The summed E-state index contributed by atoms with van der Waals surface area (Å²) in [5.74, 6) is -0.617. The van der Waals surface area contributed by atoms with Crippen LogP contribution in [0.1, 0.15) is 39.2 Å². The molecule has 112 valence electrons. The van der Waals surface area contributed by atoms with E-state index < -0.39 is 0 Å². The van der Waals surface area contributed by atoms with Crippen molar-refractivity contribution in [2.24, 2.45) is 0 Å². The van der Waals surface area contributed by atoms with E-state index in [2.05, 4.69) is 4.74 Å². The lowest BCUT2D eigenvalue weighted by Gasteiger charge is -2.05. The predicted octanol–water partition coefficient (Wildman–Crippen LogP) is 3.14. The second kappa shape index (κ2) is 12.2. The zero-order chi connectivity index (χ0) is 15.2. The minimum Gasteiger partial charge on any atom is -0.462 e. The van der Waals surface area contributed by atoms with Crippen molar-refractivity contribution >= 4 is 11.9 Å². The van der Waals surface area contributed by atoms with Crippen LogP contribution >= 0.6 is 0 Å². The van der Waals surface area contributed by atoms with E-state index in [0.29, 0.717) is 6.42 Å². The molecule has 0 aliphatic heterocycles. The van der Waals surface area contributed by atoms with Crippen LogP contribution in [0, 0.1) is 0 Å². The average molecular weight is 280 g/mol. The maximum Gasteiger partial charge on any atom is 0.305 e. The molecule has 20 heavy (non-hydrogen) atoms. The van der Waals surface area contributed by atoms with Crippen LogP contribution in [-0.2, 0) is 25.5 Å². The number of benzene rings is 1. The maximum absolute atomic E-state index is 11.3. The first-order valence-corrected chi connectivity index (χ1v) is 7.01. The van der Waals surface area contributed by atoms with Gasteiger partial charge in [0.25, 0.3) is 0 Å². The molecule has 0 atom stereocenters. The van der Waals surface area contributed by atoms with Crippen LogP contribution < -0.4 is 0 Å². The summed E-state index contributed by atoms with van der Waals surface area (Å²) in [5, 5.41) is 0. The van der Waals surface area contributed by atoms with E-state index in [9.17, 15) is 9.59 Å². The van der Waals surface area contributed by atoms with Gasteiger partial charge in [-0.2, -0.15) is 0 Å². The van der Waals surface area contributed by atoms with Gasteiger partial charge in [-0.05, 0) is 18.4 Å². The number of hydrogen-bond acceptors (Lipinski definition) is 4. The number of aryl methyl sites for hydroxylation is 1. The SMILES string of the molecule is CC.CC(=O)OCCOC(=O)CCCc1ccccc1. The van der Waals surface area contributed by atoms with Crippen LogP contribution in [-0.4, -0.2) is 25.2 Å². The first-order valence-electron chi connectivity index (χ1n) is 7.01. The Kier molecular flexibility index (Phi) is 11.1. The molecule has 0 aromatic heterocycles. The van der Waals surface area contributed by atoms with Gasteiger partial charge in [0.15, 0.2) is 0 Å². The first kappa shape index (κ1) is 18.2. The van der Waals surface area contributed by atoms with E-state index in [4.69, 9.17) is 4.74 Å². The summed E-state index contributed by atoms with van der Waals surface area (Å²) in [7, 11) is 0. The predicted molar refractivity (Wildman–Crippen MR) is 78.3 cm³/mol. The lowest BCUT2D eigenvalue weighted by atomic mass is 10.1. The zero-order valence-electron chi connectivity index (χ0n) is 12.6. The molecule has 1 rings (SSSR count). The van der Waals surface area contributed by atoms with Crippen molar-refractivity contribution in [2.75, 3.05) is 13.2 Å². The molecule has 0 saturated carbocycles. The molecular weight excluding hydrogens is 256 g/mol. The third-order valence-electron chi connectivity index (χ3n) is 2.34. The molecule has 0 aliphatic rings. The number of esters is 2. The Morgan fingerprint density at radius 1 is 1.00 bits per heavy atom. The summed E-state index contributed by atoms with van der Waals surface area (Å²) >= 11 is 0. The van der Waals surface area contributed by atoms with Crippen molar-refractivity contribution in [3.63, 3.8) is 0 Å². The maximum atomic E-state index is 11.3. The van der Waals surface area contributed by atoms with Crippen molar-refractivity contribution < 1.29 is 19.1 Å². The molecule has 0 amide bonds. The second-order valence-corrected chi connectivity index (χ2v) is 3.90. The van der Waals surface area contributed by atoms with Crippen molar-refractivity contribution in [2.45, 2.75) is 40.0 Å². The molecule has 1 aromatic rings. The molecular formula is C16H24O4. The van der Waals surface area contributed by atoms with Gasteiger partial charge >= 0.3 is 11.9 Å². The van der Waals surface area contributed by atoms with Gasteiger partial charge in [0.2, 0.25) is 0 Å². The quantitative estimate of drug-likeness (QED) is 0.568. The van der Waals surface area contributed by atoms with E-state index >= 15 is 0 Å². The summed E-state index contributed by atoms with van der Waals surface area (Å²) in [6.07, 6.45) is 2.01. The molecule has 0 aliphatic carbocycles. The van der Waals surface area contributed by atoms with Crippen LogP contribution in [0.25, 0.3) is 0 Å². The first-order chi connectivity index (χ1) is 9.68. The Hall–Kier alpha value is -1.84. The van der Waals surface area contributed by atoms with Crippen LogP contribution in [0.2, 0.25) is 0 Å². The van der Waals surface area contributed by atoms with Gasteiger partial charge in [0, 0.05) is 13.3 Å². The third kappa shape index (κ3) is 10.1. The Morgan fingerprint density at radius 3 is 2.20 bits per heavy atom. The lowest BCUT2D eigenvalue weighted by Crippen LogP contribution is -2.12. The lowest BCUT2D eigenvalue weighted by molar-refractivity contribution is -0.151. The van der Waals surface area contributed by atoms with Gasteiger partial charge in [-0.1, -0.05) is 44.2 Å². The zero-order valence-corrected chi connectivity index (χ0v) is 12.6. The molecule has 0 fully saturated rings. The normalized spacial score (nSPS) is 9.15. The summed E-state index contributed by atoms with van der Waals surface area (Å²) in [6, 6.07) is 9.99. The summed E-state index contributed by atoms with van der Waals surface area (Å²) < 4.78 is 9.56. The Balaban J connectivity index is 0.00000172. The van der Waals surface area contributed by atoms with Gasteiger partial charge in [-0.3, -0.25) is 9.59 Å². The fourth-order valence-corrected chi connectivity index (χ4v) is 1.49. The monoisotopic (exact) mass is 280 g/mol. The number of carbonyl (C=O) groups excluding carboxylic acids is 2. The van der Waals surface area contributed by atoms with Gasteiger partial charge in [0.1, 0.15) is 13.2 Å². The van der Waals surface area contributed by atoms with E-state index in [1.165, 1.54) is 12.5 Å². The fraction of sp³-hybridized carbons (Fsp3) is 0.500. The molecule has 0 heterocycles. The third-order valence-corrected chi connectivity index (χ3v) is 2.34. The highest BCUT2D eigenvalue weighted by molar-refractivity contribution is 5.69. The molecule has 0 bridgehead atoms. The average Bonchev–Trinajstić information content (AvgIpc) is 2.47. The Morgan fingerprint density at radius 2 is 1.60 bits per heavy atom. The Labute approximate surface area is 121 Å². The fourth-order valence-electron chi connectivity index (χ4n) is 1.49. The van der Waals surface area contributed by atoms with Gasteiger partial charge < -0.3 is 9.47 Å². The molecule has 1 aromatic carbocycles. The highest BCUT2D eigenvalue weighted by Crippen LogP contribution is 2.05. The summed E-state index contributed by atoms with van der Waals surface area (Å²) in [5.41, 5.74) is 1.21. The largest absolute Gasteiger partial charge is 0.462 e. The van der Waals surface area contributed by atoms with Gasteiger partial charge in [0.05, 0.1) is 0 Å². The van der Waals surface area contributed by atoms with Crippen molar-refractivity contribution in [1.29, 1.82) is 0 Å². The molecule has 0 radical (unpaired) electrons. The van der Waals surface area contributed by atoms with Gasteiger partial charge in [-0.15, -0.1) is 0 Å². The second-order valence-electron chi connectivity index (χ2n) is 3.90. The van der Waals surface area contributed by atoms with E-state index in [1.807, 2.05) is 44.2 Å². The van der Waals surface area contributed by atoms with Crippen LogP contribution in [0.3, 0.4) is 0 Å². The molecule has 4 nitrogen and oxygen atoms in total. The topological polar surface area (TPSA) is 52.6 Å². The molecule has 0 spiro atoms. The minimum atomic E-state index is -0.366. The van der Waals surface area contributed by atoms with E-state index in [-0.39, 0.29) is 25.2 Å². The standard InChI is InChI=1S/C14H18O4.C2H6/c1-12(15)17-10-11-18-14(16)9-5-8-13-6-3-2-4-7-13;1-2/h2-4,6-7H,5,8-11H2,1H3;1-2H3. The van der Waals surface area contributed by atoms with E-state index in [1.54, 1.807) is 0 Å². The molecule has 0 N–H and O–H groups in total. The van der Waals surface area contributed by atoms with Crippen molar-refractivity contribution in [1.82, 2.24) is 0 Å². The van der Waals surface area contributed by atoms with Crippen molar-refractivity contribution in [3.05, 3.63) is 35.9 Å².